The largest absolute Gasteiger partial charge is 0.497 e. The number of aromatic nitrogens is 4. The quantitative estimate of drug-likeness (QED) is 0.768. The number of ether oxygens (including phenoxy) is 1. The molecule has 1 heterocycles. The summed E-state index contributed by atoms with van der Waals surface area (Å²) in [6, 6.07) is 14.1. The zero-order valence-electron chi connectivity index (χ0n) is 12.8. The van der Waals surface area contributed by atoms with Crippen LogP contribution in [0.25, 0.3) is 5.69 Å². The van der Waals surface area contributed by atoms with Gasteiger partial charge in [0.15, 0.2) is 5.82 Å². The number of hydrogen-bond acceptors (Lipinski definition) is 5. The van der Waals surface area contributed by atoms with Gasteiger partial charge in [-0.1, -0.05) is 23.7 Å². The van der Waals surface area contributed by atoms with Crippen molar-refractivity contribution < 1.29 is 9.53 Å². The second kappa shape index (κ2) is 7.10. The number of rotatable bonds is 5. The summed E-state index contributed by atoms with van der Waals surface area (Å²) in [5, 5.41) is 14.7. The molecular weight excluding hydrogens is 330 g/mol. The summed E-state index contributed by atoms with van der Waals surface area (Å²) >= 11 is 6.02. The van der Waals surface area contributed by atoms with Crippen LogP contribution in [0.4, 0.5) is 0 Å². The molecule has 0 aliphatic rings. The summed E-state index contributed by atoms with van der Waals surface area (Å²) in [5.74, 6) is 0.950. The molecule has 3 rings (SSSR count). The fraction of sp³-hybridized carbons (Fsp3) is 0.125. The van der Waals surface area contributed by atoms with E-state index in [9.17, 15) is 4.79 Å². The molecule has 1 N–H and O–H groups in total. The molecule has 0 aliphatic heterocycles. The van der Waals surface area contributed by atoms with E-state index in [1.54, 1.807) is 36.1 Å². The average Bonchev–Trinajstić information content (AvgIpc) is 3.08. The lowest BCUT2D eigenvalue weighted by Crippen LogP contribution is -2.25. The lowest BCUT2D eigenvalue weighted by Gasteiger charge is -2.08. The van der Waals surface area contributed by atoms with E-state index in [-0.39, 0.29) is 12.5 Å². The fourth-order valence-corrected chi connectivity index (χ4v) is 2.36. The molecule has 0 bridgehead atoms. The highest BCUT2D eigenvalue weighted by Crippen LogP contribution is 2.16. The van der Waals surface area contributed by atoms with Crippen LogP contribution >= 0.6 is 11.6 Å². The number of halogens is 1. The zero-order chi connectivity index (χ0) is 16.9. The van der Waals surface area contributed by atoms with Crippen LogP contribution in [0.1, 0.15) is 16.2 Å². The van der Waals surface area contributed by atoms with Gasteiger partial charge in [0.1, 0.15) is 5.75 Å². The van der Waals surface area contributed by atoms with Gasteiger partial charge in [-0.2, -0.15) is 4.68 Å². The summed E-state index contributed by atoms with van der Waals surface area (Å²) in [7, 11) is 1.60. The second-order valence-corrected chi connectivity index (χ2v) is 5.27. The molecular formula is C16H14ClN5O2. The molecule has 1 aromatic heterocycles. The topological polar surface area (TPSA) is 81.9 Å². The van der Waals surface area contributed by atoms with Crippen molar-refractivity contribution in [2.45, 2.75) is 6.54 Å². The summed E-state index contributed by atoms with van der Waals surface area (Å²) in [4.78, 5) is 12.2. The number of nitrogens with one attached hydrogen (secondary N) is 1. The number of nitrogens with zero attached hydrogens (tertiary/aromatic N) is 4. The first-order valence-corrected chi connectivity index (χ1v) is 7.51. The van der Waals surface area contributed by atoms with Crippen LogP contribution in [0.15, 0.2) is 48.5 Å². The number of amides is 1. The van der Waals surface area contributed by atoms with Gasteiger partial charge in [-0.15, -0.1) is 5.10 Å². The number of benzene rings is 2. The maximum atomic E-state index is 12.2. The lowest BCUT2D eigenvalue weighted by molar-refractivity contribution is 0.0950. The van der Waals surface area contributed by atoms with Crippen LogP contribution < -0.4 is 10.1 Å². The molecule has 3 aromatic rings. The molecule has 8 heteroatoms. The third-order valence-electron chi connectivity index (χ3n) is 3.38. The molecule has 0 atom stereocenters. The molecule has 0 spiro atoms. The average molecular weight is 344 g/mol. The standard InChI is InChI=1S/C16H14ClN5O2/c1-24-12-8-6-11(7-9-12)22-15(19-20-21-22)10-18-16(23)13-4-2-3-5-14(13)17/h2-9H,10H2,1H3,(H,18,23). The Balaban J connectivity index is 1.74. The third-order valence-corrected chi connectivity index (χ3v) is 3.71. The SMILES string of the molecule is COc1ccc(-n2nnnc2CNC(=O)c2ccccc2Cl)cc1. The van der Waals surface area contributed by atoms with Crippen LogP contribution in [0.2, 0.25) is 5.02 Å². The molecule has 0 saturated heterocycles. The van der Waals surface area contributed by atoms with Crippen molar-refractivity contribution in [2.24, 2.45) is 0 Å². The van der Waals surface area contributed by atoms with E-state index in [4.69, 9.17) is 16.3 Å². The van der Waals surface area contributed by atoms with Gasteiger partial charge in [0, 0.05) is 0 Å². The van der Waals surface area contributed by atoms with Gasteiger partial charge in [0.25, 0.3) is 5.91 Å². The molecule has 0 unspecified atom stereocenters. The first-order valence-electron chi connectivity index (χ1n) is 7.13. The Morgan fingerprint density at radius 1 is 1.21 bits per heavy atom. The Kier molecular flexibility index (Phi) is 4.72. The van der Waals surface area contributed by atoms with Crippen molar-refractivity contribution in [3.63, 3.8) is 0 Å². The molecule has 0 aliphatic carbocycles. The van der Waals surface area contributed by atoms with Crippen LogP contribution in [0, 0.1) is 0 Å². The first-order chi connectivity index (χ1) is 11.7. The Morgan fingerprint density at radius 2 is 1.96 bits per heavy atom. The molecule has 1 amide bonds. The number of tetrazole rings is 1. The van der Waals surface area contributed by atoms with Gasteiger partial charge in [0.2, 0.25) is 0 Å². The first kappa shape index (κ1) is 15.9. The van der Waals surface area contributed by atoms with E-state index >= 15 is 0 Å². The Labute approximate surface area is 143 Å². The van der Waals surface area contributed by atoms with E-state index in [0.29, 0.717) is 16.4 Å². The lowest BCUT2D eigenvalue weighted by atomic mass is 10.2. The normalized spacial score (nSPS) is 10.4. The molecule has 7 nitrogen and oxygen atoms in total. The second-order valence-electron chi connectivity index (χ2n) is 4.87. The van der Waals surface area contributed by atoms with Crippen molar-refractivity contribution >= 4 is 17.5 Å². The van der Waals surface area contributed by atoms with Gasteiger partial charge in [-0.05, 0) is 46.8 Å². The van der Waals surface area contributed by atoms with E-state index in [1.165, 1.54) is 0 Å². The minimum Gasteiger partial charge on any atom is -0.497 e. The van der Waals surface area contributed by atoms with Crippen molar-refractivity contribution in [2.75, 3.05) is 7.11 Å². The maximum Gasteiger partial charge on any atom is 0.253 e. The molecule has 0 saturated carbocycles. The van der Waals surface area contributed by atoms with Crippen LogP contribution in [-0.4, -0.2) is 33.2 Å². The predicted octanol–water partition coefficient (Wildman–Crippen LogP) is 2.25. The van der Waals surface area contributed by atoms with E-state index in [1.807, 2.05) is 24.3 Å². The van der Waals surface area contributed by atoms with Crippen molar-refractivity contribution in [1.29, 1.82) is 0 Å². The zero-order valence-corrected chi connectivity index (χ0v) is 13.6. The highest BCUT2D eigenvalue weighted by atomic mass is 35.5. The molecule has 0 fully saturated rings. The van der Waals surface area contributed by atoms with Crippen LogP contribution in [0.5, 0.6) is 5.75 Å². The Morgan fingerprint density at radius 3 is 2.67 bits per heavy atom. The van der Waals surface area contributed by atoms with Gasteiger partial charge in [-0.3, -0.25) is 4.79 Å². The minimum atomic E-state index is -0.287. The van der Waals surface area contributed by atoms with Crippen LogP contribution in [0.3, 0.4) is 0 Å². The summed E-state index contributed by atoms with van der Waals surface area (Å²) in [6.45, 7) is 0.170. The van der Waals surface area contributed by atoms with Gasteiger partial charge in [-0.25, -0.2) is 0 Å². The molecule has 0 radical (unpaired) electrons. The number of hydrogen-bond donors (Lipinski definition) is 1. The molecule has 122 valence electrons. The van der Waals surface area contributed by atoms with Crippen LogP contribution in [-0.2, 0) is 6.54 Å². The fourth-order valence-electron chi connectivity index (χ4n) is 2.14. The van der Waals surface area contributed by atoms with Crippen molar-refractivity contribution in [3.8, 4) is 11.4 Å². The highest BCUT2D eigenvalue weighted by molar-refractivity contribution is 6.33. The number of carbonyl (C=O) groups excluding carboxylic acids is 1. The Hall–Kier alpha value is -2.93. The highest BCUT2D eigenvalue weighted by Gasteiger charge is 2.13. The number of methoxy groups -OCH3 is 1. The van der Waals surface area contributed by atoms with Gasteiger partial charge < -0.3 is 10.1 Å². The van der Waals surface area contributed by atoms with E-state index in [2.05, 4.69) is 20.8 Å². The smallest absolute Gasteiger partial charge is 0.253 e. The van der Waals surface area contributed by atoms with E-state index < -0.39 is 0 Å². The summed E-state index contributed by atoms with van der Waals surface area (Å²) in [6.07, 6.45) is 0. The minimum absolute atomic E-state index is 0.170. The number of carbonyl (C=O) groups is 1. The summed E-state index contributed by atoms with van der Waals surface area (Å²) in [5.41, 5.74) is 1.17. The predicted molar refractivity (Wildman–Crippen MR) is 88.3 cm³/mol. The summed E-state index contributed by atoms with van der Waals surface area (Å²) < 4.78 is 6.67. The third kappa shape index (κ3) is 3.36. The van der Waals surface area contributed by atoms with E-state index in [0.717, 1.165) is 11.4 Å². The van der Waals surface area contributed by atoms with Crippen molar-refractivity contribution in [1.82, 2.24) is 25.5 Å². The molecule has 24 heavy (non-hydrogen) atoms. The van der Waals surface area contributed by atoms with Crippen molar-refractivity contribution in [3.05, 3.63) is 64.9 Å². The molecule has 2 aromatic carbocycles. The van der Waals surface area contributed by atoms with Gasteiger partial charge >= 0.3 is 0 Å². The van der Waals surface area contributed by atoms with Gasteiger partial charge in [0.05, 0.1) is 29.9 Å². The maximum absolute atomic E-state index is 12.2. The monoisotopic (exact) mass is 343 g/mol. The Bertz CT molecular complexity index is 848.